The maximum atomic E-state index is 11.0. The molecule has 0 radical (unpaired) electrons. The van der Waals surface area contributed by atoms with Crippen molar-refractivity contribution in [1.82, 2.24) is 0 Å². The van der Waals surface area contributed by atoms with E-state index in [0.717, 1.165) is 11.1 Å². The number of aliphatic hydroxyl groups is 1. The zero-order valence-corrected chi connectivity index (χ0v) is 9.73. The van der Waals surface area contributed by atoms with Gasteiger partial charge in [0.25, 0.3) is 0 Å². The first-order valence-electron chi connectivity index (χ1n) is 5.38. The molecular formula is C13H18O3. The van der Waals surface area contributed by atoms with E-state index in [1.807, 2.05) is 24.3 Å². The second-order valence-corrected chi connectivity index (χ2v) is 4.66. The number of carboxylic acid groups (broad SMARTS) is 1. The van der Waals surface area contributed by atoms with Crippen LogP contribution in [0.1, 0.15) is 25.0 Å². The van der Waals surface area contributed by atoms with Crippen LogP contribution in [0.25, 0.3) is 0 Å². The molecule has 16 heavy (non-hydrogen) atoms. The summed E-state index contributed by atoms with van der Waals surface area (Å²) < 4.78 is 0. The van der Waals surface area contributed by atoms with Gasteiger partial charge in [-0.15, -0.1) is 0 Å². The number of aliphatic carboxylic acids is 1. The van der Waals surface area contributed by atoms with Crippen molar-refractivity contribution in [2.75, 3.05) is 6.61 Å². The van der Waals surface area contributed by atoms with E-state index in [-0.39, 0.29) is 6.61 Å². The van der Waals surface area contributed by atoms with Crippen LogP contribution < -0.4 is 0 Å². The Kier molecular flexibility index (Phi) is 4.07. The third-order valence-electron chi connectivity index (χ3n) is 2.65. The quantitative estimate of drug-likeness (QED) is 0.799. The highest BCUT2D eigenvalue weighted by atomic mass is 16.4. The van der Waals surface area contributed by atoms with Crippen molar-refractivity contribution in [1.29, 1.82) is 0 Å². The van der Waals surface area contributed by atoms with E-state index in [2.05, 4.69) is 0 Å². The first-order valence-corrected chi connectivity index (χ1v) is 5.38. The van der Waals surface area contributed by atoms with Crippen molar-refractivity contribution >= 4 is 5.97 Å². The van der Waals surface area contributed by atoms with E-state index in [9.17, 15) is 4.79 Å². The molecule has 0 atom stereocenters. The Labute approximate surface area is 95.7 Å². The van der Waals surface area contributed by atoms with Crippen molar-refractivity contribution < 1.29 is 15.0 Å². The predicted octanol–water partition coefficient (Wildman–Crippen LogP) is 1.87. The summed E-state index contributed by atoms with van der Waals surface area (Å²) in [6, 6.07) is 7.72. The number of hydrogen-bond acceptors (Lipinski definition) is 2. The van der Waals surface area contributed by atoms with Gasteiger partial charge < -0.3 is 10.2 Å². The predicted molar refractivity (Wildman–Crippen MR) is 62.4 cm³/mol. The number of benzene rings is 1. The van der Waals surface area contributed by atoms with Crippen molar-refractivity contribution in [3.63, 3.8) is 0 Å². The van der Waals surface area contributed by atoms with Gasteiger partial charge in [0, 0.05) is 6.61 Å². The molecule has 0 bridgehead atoms. The Morgan fingerprint density at radius 3 is 2.12 bits per heavy atom. The normalized spacial score (nSPS) is 11.4. The van der Waals surface area contributed by atoms with E-state index in [0.29, 0.717) is 12.8 Å². The average Bonchev–Trinajstić information content (AvgIpc) is 2.21. The van der Waals surface area contributed by atoms with Crippen LogP contribution in [0, 0.1) is 5.41 Å². The van der Waals surface area contributed by atoms with Crippen LogP contribution in [0.3, 0.4) is 0 Å². The Balaban J connectivity index is 2.72. The van der Waals surface area contributed by atoms with E-state index < -0.39 is 11.4 Å². The maximum Gasteiger partial charge on any atom is 0.309 e. The van der Waals surface area contributed by atoms with Crippen molar-refractivity contribution in [3.8, 4) is 0 Å². The van der Waals surface area contributed by atoms with Gasteiger partial charge in [-0.05, 0) is 37.8 Å². The van der Waals surface area contributed by atoms with Gasteiger partial charge in [-0.3, -0.25) is 4.79 Å². The van der Waals surface area contributed by atoms with Crippen molar-refractivity contribution in [3.05, 3.63) is 35.4 Å². The number of rotatable bonds is 5. The molecule has 1 aromatic rings. The smallest absolute Gasteiger partial charge is 0.309 e. The summed E-state index contributed by atoms with van der Waals surface area (Å²) in [6.45, 7) is 3.58. The summed E-state index contributed by atoms with van der Waals surface area (Å²) in [7, 11) is 0. The first kappa shape index (κ1) is 12.7. The summed E-state index contributed by atoms with van der Waals surface area (Å²) in [6.07, 6.45) is 1.16. The number of aliphatic hydroxyl groups excluding tert-OH is 1. The largest absolute Gasteiger partial charge is 0.481 e. The second-order valence-electron chi connectivity index (χ2n) is 4.66. The highest BCUT2D eigenvalue weighted by molar-refractivity contribution is 5.74. The van der Waals surface area contributed by atoms with Crippen LogP contribution in [0.5, 0.6) is 0 Å². The lowest BCUT2D eigenvalue weighted by molar-refractivity contribution is -0.146. The van der Waals surface area contributed by atoms with Gasteiger partial charge in [0.1, 0.15) is 0 Å². The van der Waals surface area contributed by atoms with E-state index in [1.54, 1.807) is 13.8 Å². The average molecular weight is 222 g/mol. The Morgan fingerprint density at radius 2 is 1.69 bits per heavy atom. The maximum absolute atomic E-state index is 11.0. The summed E-state index contributed by atoms with van der Waals surface area (Å²) in [5.74, 6) is -0.785. The third kappa shape index (κ3) is 3.35. The molecule has 0 aromatic heterocycles. The van der Waals surface area contributed by atoms with Gasteiger partial charge in [-0.2, -0.15) is 0 Å². The van der Waals surface area contributed by atoms with Crippen LogP contribution in [0.2, 0.25) is 0 Å². The van der Waals surface area contributed by atoms with Gasteiger partial charge in [0.05, 0.1) is 5.41 Å². The van der Waals surface area contributed by atoms with E-state index in [4.69, 9.17) is 10.2 Å². The van der Waals surface area contributed by atoms with Gasteiger partial charge in [-0.1, -0.05) is 24.3 Å². The fourth-order valence-electron chi connectivity index (χ4n) is 1.54. The fourth-order valence-corrected chi connectivity index (χ4v) is 1.54. The van der Waals surface area contributed by atoms with Gasteiger partial charge in [0.2, 0.25) is 0 Å². The Bertz CT molecular complexity index is 352. The molecule has 0 saturated carbocycles. The van der Waals surface area contributed by atoms with Gasteiger partial charge in [0.15, 0.2) is 0 Å². The van der Waals surface area contributed by atoms with Gasteiger partial charge >= 0.3 is 5.97 Å². The van der Waals surface area contributed by atoms with E-state index >= 15 is 0 Å². The third-order valence-corrected chi connectivity index (χ3v) is 2.65. The minimum atomic E-state index is -0.785. The lowest BCUT2D eigenvalue weighted by atomic mass is 9.86. The molecule has 3 heteroatoms. The van der Waals surface area contributed by atoms with Crippen LogP contribution >= 0.6 is 0 Å². The summed E-state index contributed by atoms with van der Waals surface area (Å²) in [4.78, 5) is 11.0. The summed E-state index contributed by atoms with van der Waals surface area (Å²) >= 11 is 0. The molecule has 0 saturated heterocycles. The van der Waals surface area contributed by atoms with Crippen molar-refractivity contribution in [2.24, 2.45) is 5.41 Å². The highest BCUT2D eigenvalue weighted by Crippen LogP contribution is 2.22. The zero-order chi connectivity index (χ0) is 12.2. The number of carboxylic acids is 1. The molecule has 0 aliphatic heterocycles. The first-order chi connectivity index (χ1) is 7.45. The fraction of sp³-hybridized carbons (Fsp3) is 0.462. The van der Waals surface area contributed by atoms with Crippen LogP contribution in [0.15, 0.2) is 24.3 Å². The molecule has 0 spiro atoms. The SMILES string of the molecule is CC(C)(Cc1ccc(CCO)cc1)C(=O)O. The van der Waals surface area contributed by atoms with E-state index in [1.165, 1.54) is 0 Å². The zero-order valence-electron chi connectivity index (χ0n) is 9.73. The molecule has 1 rings (SSSR count). The lowest BCUT2D eigenvalue weighted by Crippen LogP contribution is -2.26. The molecule has 0 aliphatic carbocycles. The molecule has 2 N–H and O–H groups in total. The van der Waals surface area contributed by atoms with Crippen LogP contribution in [-0.4, -0.2) is 22.8 Å². The molecule has 1 aromatic carbocycles. The minimum absolute atomic E-state index is 0.139. The standard InChI is InChI=1S/C13H18O3/c1-13(2,12(15)16)9-11-5-3-10(4-6-11)7-8-14/h3-6,14H,7-9H2,1-2H3,(H,15,16). The topological polar surface area (TPSA) is 57.5 Å². The molecule has 0 heterocycles. The molecular weight excluding hydrogens is 204 g/mol. The van der Waals surface area contributed by atoms with Crippen LogP contribution in [0.4, 0.5) is 0 Å². The molecule has 0 aliphatic rings. The Morgan fingerprint density at radius 1 is 1.19 bits per heavy atom. The number of carbonyl (C=O) groups is 1. The highest BCUT2D eigenvalue weighted by Gasteiger charge is 2.27. The van der Waals surface area contributed by atoms with Crippen LogP contribution in [-0.2, 0) is 17.6 Å². The molecule has 88 valence electrons. The summed E-state index contributed by atoms with van der Waals surface area (Å²) in [5.41, 5.74) is 1.34. The number of hydrogen-bond donors (Lipinski definition) is 2. The monoisotopic (exact) mass is 222 g/mol. The second kappa shape index (κ2) is 5.12. The molecule has 0 amide bonds. The lowest BCUT2D eigenvalue weighted by Gasteiger charge is -2.19. The minimum Gasteiger partial charge on any atom is -0.481 e. The van der Waals surface area contributed by atoms with Gasteiger partial charge in [-0.25, -0.2) is 0 Å². The Hall–Kier alpha value is -1.35. The molecule has 0 fully saturated rings. The van der Waals surface area contributed by atoms with Crippen molar-refractivity contribution in [2.45, 2.75) is 26.7 Å². The molecule has 3 nitrogen and oxygen atoms in total. The molecule has 0 unspecified atom stereocenters. The summed E-state index contributed by atoms with van der Waals surface area (Å²) in [5, 5.41) is 17.8.